The Bertz CT molecular complexity index is 296. The molecule has 1 aliphatic heterocycles. The molecule has 1 fully saturated rings. The molecule has 0 radical (unpaired) electrons. The standard InChI is InChI=1S/C8H10N2O3S/c11-7(3-6-5-9-14-10-6)4-8-12-1-2-13-8/h5,8H,1-4H2. The fourth-order valence-electron chi connectivity index (χ4n) is 1.25. The highest BCUT2D eigenvalue weighted by atomic mass is 32.1. The van der Waals surface area contributed by atoms with Crippen molar-refractivity contribution >= 4 is 17.5 Å². The number of hydrogen-bond acceptors (Lipinski definition) is 6. The number of ketones is 1. The van der Waals surface area contributed by atoms with Crippen molar-refractivity contribution < 1.29 is 14.3 Å². The fraction of sp³-hybridized carbons (Fsp3) is 0.625. The number of rotatable bonds is 4. The maximum Gasteiger partial charge on any atom is 0.164 e. The highest BCUT2D eigenvalue weighted by Gasteiger charge is 2.20. The average molecular weight is 214 g/mol. The Morgan fingerprint density at radius 1 is 1.57 bits per heavy atom. The van der Waals surface area contributed by atoms with Crippen molar-refractivity contribution in [3.63, 3.8) is 0 Å². The summed E-state index contributed by atoms with van der Waals surface area (Å²) in [6.07, 6.45) is 1.88. The van der Waals surface area contributed by atoms with Gasteiger partial charge in [0.15, 0.2) is 6.29 Å². The summed E-state index contributed by atoms with van der Waals surface area (Å²) in [5.41, 5.74) is 0.720. The van der Waals surface area contributed by atoms with Crippen LogP contribution in [0.25, 0.3) is 0 Å². The van der Waals surface area contributed by atoms with E-state index in [0.717, 1.165) is 17.4 Å². The maximum absolute atomic E-state index is 11.4. The third-order valence-electron chi connectivity index (χ3n) is 1.87. The lowest BCUT2D eigenvalue weighted by Gasteiger charge is -2.06. The largest absolute Gasteiger partial charge is 0.350 e. The molecule has 0 spiro atoms. The summed E-state index contributed by atoms with van der Waals surface area (Å²) < 4.78 is 18.1. The molecular formula is C8H10N2O3S. The third-order valence-corrected chi connectivity index (χ3v) is 2.39. The van der Waals surface area contributed by atoms with Crippen molar-refractivity contribution in [2.45, 2.75) is 19.1 Å². The monoisotopic (exact) mass is 214 g/mol. The number of ether oxygens (including phenoxy) is 2. The van der Waals surface area contributed by atoms with Crippen molar-refractivity contribution in [3.8, 4) is 0 Å². The van der Waals surface area contributed by atoms with Crippen LogP contribution in [0.4, 0.5) is 0 Å². The van der Waals surface area contributed by atoms with Crippen LogP contribution in [0, 0.1) is 0 Å². The van der Waals surface area contributed by atoms with Crippen molar-refractivity contribution in [3.05, 3.63) is 11.9 Å². The predicted molar refractivity (Wildman–Crippen MR) is 48.9 cm³/mol. The molecule has 1 aromatic rings. The molecule has 1 aromatic heterocycles. The SMILES string of the molecule is O=C(Cc1cnsn1)CC1OCCO1. The summed E-state index contributed by atoms with van der Waals surface area (Å²) in [5.74, 6) is 0.0737. The van der Waals surface area contributed by atoms with E-state index >= 15 is 0 Å². The van der Waals surface area contributed by atoms with Crippen LogP contribution in [0.2, 0.25) is 0 Å². The molecule has 0 aromatic carbocycles. The number of aromatic nitrogens is 2. The molecular weight excluding hydrogens is 204 g/mol. The van der Waals surface area contributed by atoms with Crippen LogP contribution >= 0.6 is 11.7 Å². The first kappa shape index (κ1) is 9.70. The summed E-state index contributed by atoms with van der Waals surface area (Å²) in [6.45, 7) is 1.16. The van der Waals surface area contributed by atoms with Gasteiger partial charge in [0.05, 0.1) is 49.7 Å². The summed E-state index contributed by atoms with van der Waals surface area (Å²) in [7, 11) is 0. The quantitative estimate of drug-likeness (QED) is 0.726. The van der Waals surface area contributed by atoms with Gasteiger partial charge in [0.2, 0.25) is 0 Å². The van der Waals surface area contributed by atoms with E-state index in [-0.39, 0.29) is 12.1 Å². The van der Waals surface area contributed by atoms with Crippen LogP contribution in [0.1, 0.15) is 12.1 Å². The molecule has 0 saturated carbocycles. The summed E-state index contributed by atoms with van der Waals surface area (Å²) in [5, 5.41) is 0. The van der Waals surface area contributed by atoms with E-state index in [1.165, 1.54) is 0 Å². The molecule has 0 atom stereocenters. The molecule has 5 nitrogen and oxygen atoms in total. The van der Waals surface area contributed by atoms with Gasteiger partial charge < -0.3 is 9.47 Å². The van der Waals surface area contributed by atoms with Gasteiger partial charge in [-0.05, 0) is 0 Å². The molecule has 76 valence electrons. The van der Waals surface area contributed by atoms with Gasteiger partial charge in [0, 0.05) is 0 Å². The number of carbonyl (C=O) groups is 1. The number of carbonyl (C=O) groups excluding carboxylic acids is 1. The molecule has 0 amide bonds. The lowest BCUT2D eigenvalue weighted by molar-refractivity contribution is -0.126. The molecule has 14 heavy (non-hydrogen) atoms. The maximum atomic E-state index is 11.4. The van der Waals surface area contributed by atoms with E-state index in [9.17, 15) is 4.79 Å². The Hall–Kier alpha value is -0.850. The molecule has 1 aliphatic rings. The molecule has 2 heterocycles. The van der Waals surface area contributed by atoms with E-state index in [1.54, 1.807) is 6.20 Å². The zero-order chi connectivity index (χ0) is 9.80. The van der Waals surface area contributed by atoms with Gasteiger partial charge in [-0.15, -0.1) is 0 Å². The van der Waals surface area contributed by atoms with Crippen molar-refractivity contribution in [2.24, 2.45) is 0 Å². The van der Waals surface area contributed by atoms with Gasteiger partial charge in [-0.3, -0.25) is 4.79 Å². The molecule has 0 bridgehead atoms. The zero-order valence-corrected chi connectivity index (χ0v) is 8.33. The molecule has 6 heteroatoms. The number of nitrogens with zero attached hydrogens (tertiary/aromatic N) is 2. The third kappa shape index (κ3) is 2.57. The minimum absolute atomic E-state index is 0.0737. The lowest BCUT2D eigenvalue weighted by atomic mass is 10.2. The predicted octanol–water partition coefficient (Wildman–Crippen LogP) is 0.413. The van der Waals surface area contributed by atoms with Gasteiger partial charge in [-0.1, -0.05) is 0 Å². The average Bonchev–Trinajstić information content (AvgIpc) is 2.76. The van der Waals surface area contributed by atoms with E-state index in [4.69, 9.17) is 9.47 Å². The Morgan fingerprint density at radius 3 is 3.00 bits per heavy atom. The molecule has 0 aliphatic carbocycles. The summed E-state index contributed by atoms with van der Waals surface area (Å²) in [6, 6.07) is 0. The first-order chi connectivity index (χ1) is 6.84. The Labute approximate surface area is 85.4 Å². The molecule has 0 N–H and O–H groups in total. The van der Waals surface area contributed by atoms with Gasteiger partial charge in [0.1, 0.15) is 5.78 Å². The minimum atomic E-state index is -0.353. The second-order valence-corrected chi connectivity index (χ2v) is 3.55. The van der Waals surface area contributed by atoms with Crippen LogP contribution in [-0.2, 0) is 20.7 Å². The highest BCUT2D eigenvalue weighted by molar-refractivity contribution is 6.99. The summed E-state index contributed by atoms with van der Waals surface area (Å²) >= 11 is 1.11. The van der Waals surface area contributed by atoms with Crippen LogP contribution < -0.4 is 0 Å². The van der Waals surface area contributed by atoms with E-state index < -0.39 is 0 Å². The van der Waals surface area contributed by atoms with Gasteiger partial charge >= 0.3 is 0 Å². The normalized spacial score (nSPS) is 17.4. The van der Waals surface area contributed by atoms with Gasteiger partial charge in [0.25, 0.3) is 0 Å². The Morgan fingerprint density at radius 2 is 2.36 bits per heavy atom. The van der Waals surface area contributed by atoms with E-state index in [1.807, 2.05) is 0 Å². The van der Waals surface area contributed by atoms with E-state index in [0.29, 0.717) is 26.1 Å². The first-order valence-corrected chi connectivity index (χ1v) is 5.09. The number of hydrogen-bond donors (Lipinski definition) is 0. The number of Topliss-reactive ketones (excluding diaryl/α,β-unsaturated/α-hetero) is 1. The molecule has 1 saturated heterocycles. The second-order valence-electron chi connectivity index (χ2n) is 2.99. The van der Waals surface area contributed by atoms with Crippen LogP contribution in [-0.4, -0.2) is 34.0 Å². The van der Waals surface area contributed by atoms with Gasteiger partial charge in [-0.2, -0.15) is 8.75 Å². The smallest absolute Gasteiger partial charge is 0.164 e. The highest BCUT2D eigenvalue weighted by Crippen LogP contribution is 2.10. The van der Waals surface area contributed by atoms with Crippen LogP contribution in [0.3, 0.4) is 0 Å². The fourth-order valence-corrected chi connectivity index (χ4v) is 1.68. The van der Waals surface area contributed by atoms with Crippen molar-refractivity contribution in [2.75, 3.05) is 13.2 Å². The van der Waals surface area contributed by atoms with Crippen LogP contribution in [0.5, 0.6) is 0 Å². The molecule has 2 rings (SSSR count). The summed E-state index contributed by atoms with van der Waals surface area (Å²) in [4.78, 5) is 11.4. The first-order valence-electron chi connectivity index (χ1n) is 4.36. The topological polar surface area (TPSA) is 61.3 Å². The van der Waals surface area contributed by atoms with Crippen LogP contribution in [0.15, 0.2) is 6.20 Å². The van der Waals surface area contributed by atoms with E-state index in [2.05, 4.69) is 8.75 Å². The van der Waals surface area contributed by atoms with Crippen molar-refractivity contribution in [1.82, 2.24) is 8.75 Å². The minimum Gasteiger partial charge on any atom is -0.350 e. The Kier molecular flexibility index (Phi) is 3.18. The second kappa shape index (κ2) is 4.59. The molecule has 0 unspecified atom stereocenters. The Balaban J connectivity index is 1.78. The zero-order valence-electron chi connectivity index (χ0n) is 7.51. The van der Waals surface area contributed by atoms with Crippen molar-refractivity contribution in [1.29, 1.82) is 0 Å². The lowest BCUT2D eigenvalue weighted by Crippen LogP contribution is -2.15. The van der Waals surface area contributed by atoms with Gasteiger partial charge in [-0.25, -0.2) is 0 Å².